The summed E-state index contributed by atoms with van der Waals surface area (Å²) in [6.07, 6.45) is 1.45. The van der Waals surface area contributed by atoms with E-state index in [1.165, 1.54) is 35.5 Å². The van der Waals surface area contributed by atoms with Crippen LogP contribution in [0.3, 0.4) is 0 Å². The van der Waals surface area contributed by atoms with Crippen molar-refractivity contribution in [2.45, 2.75) is 51.6 Å². The third-order valence-corrected chi connectivity index (χ3v) is 6.41. The Morgan fingerprint density at radius 2 is 1.80 bits per heavy atom. The Kier molecular flexibility index (Phi) is 9.03. The molecule has 8 nitrogen and oxygen atoms in total. The number of ether oxygens (including phenoxy) is 2. The molecule has 40 heavy (non-hydrogen) atoms. The lowest BCUT2D eigenvalue weighted by Crippen LogP contribution is -2.46. The number of nitrogens with one attached hydrogen (secondary N) is 1. The number of anilines is 2. The number of rotatable bonds is 8. The molecule has 0 saturated carbocycles. The first-order valence-corrected chi connectivity index (χ1v) is 12.8. The van der Waals surface area contributed by atoms with Gasteiger partial charge in [0.25, 0.3) is 0 Å². The second kappa shape index (κ2) is 12.6. The molecule has 1 aliphatic rings. The number of hydrogen-bond acceptors (Lipinski definition) is 7. The summed E-state index contributed by atoms with van der Waals surface area (Å²) in [7, 11) is 0. The molecule has 1 aromatic heterocycles. The fourth-order valence-corrected chi connectivity index (χ4v) is 4.45. The van der Waals surface area contributed by atoms with Crippen LogP contribution < -0.4 is 10.2 Å². The predicted octanol–water partition coefficient (Wildman–Crippen LogP) is 6.55. The highest BCUT2D eigenvalue weighted by molar-refractivity contribution is 5.90. The zero-order valence-corrected chi connectivity index (χ0v) is 22.0. The van der Waals surface area contributed by atoms with E-state index in [9.17, 15) is 22.8 Å². The van der Waals surface area contributed by atoms with Crippen LogP contribution in [0, 0.1) is 0 Å². The van der Waals surface area contributed by atoms with Gasteiger partial charge >= 0.3 is 18.2 Å². The van der Waals surface area contributed by atoms with E-state index >= 15 is 0 Å². The Bertz CT molecular complexity index is 1350. The number of esters is 1. The van der Waals surface area contributed by atoms with Crippen molar-refractivity contribution in [2.24, 2.45) is 0 Å². The standard InChI is InChI=1S/C29H29F3N4O4/c1-3-22-15-24(23-14-21(29(30,31)32)11-12-25(23)36(22)28(38)39-4-2)35-27-33-16-20(17-34-27)10-13-26(37)40-18-19-8-6-5-7-9-19/h5-14,16-17,22,24H,3-4,15,18H2,1-2H3,(H,33,34,35)/t22-,24+/m1/s1. The van der Waals surface area contributed by atoms with Gasteiger partial charge in [-0.15, -0.1) is 0 Å². The van der Waals surface area contributed by atoms with E-state index in [1.807, 2.05) is 37.3 Å². The number of nitrogens with zero attached hydrogens (tertiary/aromatic N) is 3. The highest BCUT2D eigenvalue weighted by atomic mass is 19.4. The SMILES string of the molecule is CCOC(=O)N1c2ccc(C(F)(F)F)cc2[C@@H](Nc2ncc(C=CC(=O)OCc3ccccc3)cn2)C[C@H]1CC. The van der Waals surface area contributed by atoms with Gasteiger partial charge < -0.3 is 14.8 Å². The summed E-state index contributed by atoms with van der Waals surface area (Å²) >= 11 is 0. The van der Waals surface area contributed by atoms with Gasteiger partial charge in [0, 0.05) is 30.1 Å². The lowest BCUT2D eigenvalue weighted by Gasteiger charge is -2.40. The molecule has 2 atom stereocenters. The van der Waals surface area contributed by atoms with Crippen molar-refractivity contribution in [3.8, 4) is 0 Å². The van der Waals surface area contributed by atoms with Crippen molar-refractivity contribution >= 4 is 29.8 Å². The van der Waals surface area contributed by atoms with Crippen molar-refractivity contribution < 1.29 is 32.2 Å². The molecule has 2 aromatic carbocycles. The molecule has 0 bridgehead atoms. The molecule has 3 aromatic rings. The van der Waals surface area contributed by atoms with E-state index in [1.54, 1.807) is 6.92 Å². The first kappa shape index (κ1) is 28.6. The minimum absolute atomic E-state index is 0.142. The molecule has 11 heteroatoms. The molecule has 0 unspecified atom stereocenters. The largest absolute Gasteiger partial charge is 0.458 e. The second-order valence-electron chi connectivity index (χ2n) is 9.10. The van der Waals surface area contributed by atoms with Gasteiger partial charge in [-0.3, -0.25) is 4.90 Å². The van der Waals surface area contributed by atoms with E-state index in [-0.39, 0.29) is 25.2 Å². The smallest absolute Gasteiger partial charge is 0.416 e. The molecule has 0 aliphatic carbocycles. The van der Waals surface area contributed by atoms with Crippen LogP contribution in [0.5, 0.6) is 0 Å². The lowest BCUT2D eigenvalue weighted by atomic mass is 9.89. The summed E-state index contributed by atoms with van der Waals surface area (Å²) in [5, 5.41) is 3.12. The molecule has 1 aliphatic heterocycles. The first-order chi connectivity index (χ1) is 19.2. The van der Waals surface area contributed by atoms with Crippen LogP contribution in [0.2, 0.25) is 0 Å². The van der Waals surface area contributed by atoms with Crippen LogP contribution in [-0.4, -0.2) is 34.7 Å². The van der Waals surface area contributed by atoms with Gasteiger partial charge in [-0.05, 0) is 55.2 Å². The van der Waals surface area contributed by atoms with Crippen LogP contribution in [0.1, 0.15) is 55.0 Å². The fourth-order valence-electron chi connectivity index (χ4n) is 4.45. The average molecular weight is 555 g/mol. The monoisotopic (exact) mass is 554 g/mol. The predicted molar refractivity (Wildman–Crippen MR) is 143 cm³/mol. The maximum absolute atomic E-state index is 13.6. The molecule has 210 valence electrons. The molecule has 4 rings (SSSR count). The van der Waals surface area contributed by atoms with Crippen molar-refractivity contribution in [3.05, 3.63) is 89.3 Å². The quantitative estimate of drug-likeness (QED) is 0.249. The summed E-state index contributed by atoms with van der Waals surface area (Å²) in [6, 6.07) is 11.7. The van der Waals surface area contributed by atoms with Crippen molar-refractivity contribution in [1.82, 2.24) is 9.97 Å². The summed E-state index contributed by atoms with van der Waals surface area (Å²) in [4.78, 5) is 34.7. The van der Waals surface area contributed by atoms with E-state index in [2.05, 4.69) is 15.3 Å². The zero-order chi connectivity index (χ0) is 28.7. The molecule has 1 amide bonds. The number of fused-ring (bicyclic) bond motifs is 1. The number of aromatic nitrogens is 2. The summed E-state index contributed by atoms with van der Waals surface area (Å²) in [6.45, 7) is 3.85. The van der Waals surface area contributed by atoms with Gasteiger partial charge in [-0.1, -0.05) is 37.3 Å². The number of carbonyl (C=O) groups is 2. The van der Waals surface area contributed by atoms with E-state index < -0.39 is 29.8 Å². The van der Waals surface area contributed by atoms with Gasteiger partial charge in [-0.2, -0.15) is 13.2 Å². The summed E-state index contributed by atoms with van der Waals surface area (Å²) in [5.41, 5.74) is 1.21. The Hall–Kier alpha value is -4.41. The Balaban J connectivity index is 1.50. The normalized spacial score (nSPS) is 16.9. The third kappa shape index (κ3) is 6.96. The second-order valence-corrected chi connectivity index (χ2v) is 9.10. The molecule has 0 radical (unpaired) electrons. The Morgan fingerprint density at radius 3 is 2.45 bits per heavy atom. The van der Waals surface area contributed by atoms with Crippen LogP contribution in [0.15, 0.2) is 67.0 Å². The lowest BCUT2D eigenvalue weighted by molar-refractivity contribution is -0.139. The van der Waals surface area contributed by atoms with Crippen molar-refractivity contribution in [1.29, 1.82) is 0 Å². The Morgan fingerprint density at radius 1 is 1.07 bits per heavy atom. The number of alkyl halides is 3. The molecular formula is C29H29F3N4O4. The van der Waals surface area contributed by atoms with E-state index in [4.69, 9.17) is 9.47 Å². The van der Waals surface area contributed by atoms with Gasteiger partial charge in [0.2, 0.25) is 5.95 Å². The van der Waals surface area contributed by atoms with Gasteiger partial charge in [0.15, 0.2) is 0 Å². The van der Waals surface area contributed by atoms with Gasteiger partial charge in [0.05, 0.1) is 23.9 Å². The average Bonchev–Trinajstić information content (AvgIpc) is 2.95. The maximum Gasteiger partial charge on any atom is 0.416 e. The van der Waals surface area contributed by atoms with Gasteiger partial charge in [0.1, 0.15) is 6.61 Å². The molecule has 0 spiro atoms. The fraction of sp³-hybridized carbons (Fsp3) is 0.310. The summed E-state index contributed by atoms with van der Waals surface area (Å²) < 4.78 is 51.0. The molecule has 1 N–H and O–H groups in total. The number of amides is 1. The first-order valence-electron chi connectivity index (χ1n) is 12.8. The Labute approximate surface area is 229 Å². The maximum atomic E-state index is 13.6. The van der Waals surface area contributed by atoms with E-state index in [0.29, 0.717) is 29.7 Å². The zero-order valence-electron chi connectivity index (χ0n) is 22.0. The molecular weight excluding hydrogens is 525 g/mol. The minimum atomic E-state index is -4.55. The topological polar surface area (TPSA) is 93.7 Å². The highest BCUT2D eigenvalue weighted by Crippen LogP contribution is 2.43. The number of hydrogen-bond donors (Lipinski definition) is 1. The molecule has 0 saturated heterocycles. The van der Waals surface area contributed by atoms with Crippen LogP contribution >= 0.6 is 0 Å². The highest BCUT2D eigenvalue weighted by Gasteiger charge is 2.39. The summed E-state index contributed by atoms with van der Waals surface area (Å²) in [5.74, 6) is -0.335. The minimum Gasteiger partial charge on any atom is -0.458 e. The third-order valence-electron chi connectivity index (χ3n) is 6.41. The number of halogens is 3. The van der Waals surface area contributed by atoms with Crippen molar-refractivity contribution in [3.63, 3.8) is 0 Å². The van der Waals surface area contributed by atoms with Crippen LogP contribution in [0.25, 0.3) is 6.08 Å². The van der Waals surface area contributed by atoms with Crippen LogP contribution in [0.4, 0.5) is 29.6 Å². The van der Waals surface area contributed by atoms with Gasteiger partial charge in [-0.25, -0.2) is 19.6 Å². The number of carbonyl (C=O) groups excluding carboxylic acids is 2. The molecule has 2 heterocycles. The van der Waals surface area contributed by atoms with Crippen LogP contribution in [-0.2, 0) is 27.1 Å². The van der Waals surface area contributed by atoms with E-state index in [0.717, 1.165) is 17.7 Å². The molecule has 0 fully saturated rings. The number of benzene rings is 2. The van der Waals surface area contributed by atoms with Crippen molar-refractivity contribution in [2.75, 3.05) is 16.8 Å².